The molecular weight excluding hydrogens is 310 g/mol. The molecular formula is C13H18BrN3O2. The lowest BCUT2D eigenvalue weighted by Crippen LogP contribution is -2.47. The molecule has 0 bridgehead atoms. The second kappa shape index (κ2) is 6.34. The third-order valence-electron chi connectivity index (χ3n) is 3.02. The van der Waals surface area contributed by atoms with E-state index in [4.69, 9.17) is 4.74 Å². The summed E-state index contributed by atoms with van der Waals surface area (Å²) >= 11 is 3.45. The van der Waals surface area contributed by atoms with Gasteiger partial charge < -0.3 is 15.0 Å². The quantitative estimate of drug-likeness (QED) is 0.920. The summed E-state index contributed by atoms with van der Waals surface area (Å²) in [7, 11) is 0. The summed E-state index contributed by atoms with van der Waals surface area (Å²) in [5.74, 6) is 0.775. The van der Waals surface area contributed by atoms with E-state index in [-0.39, 0.29) is 11.9 Å². The van der Waals surface area contributed by atoms with Crippen LogP contribution in [0.4, 0.5) is 5.82 Å². The number of ether oxygens (including phenoxy) is 1. The minimum Gasteiger partial charge on any atom is -0.378 e. The first-order chi connectivity index (χ1) is 9.08. The lowest BCUT2D eigenvalue weighted by atomic mass is 10.2. The predicted octanol–water partition coefficient (Wildman–Crippen LogP) is 1.81. The highest BCUT2D eigenvalue weighted by atomic mass is 79.9. The summed E-state index contributed by atoms with van der Waals surface area (Å²) in [5, 5.41) is 3.14. The summed E-state index contributed by atoms with van der Waals surface area (Å²) in [4.78, 5) is 18.4. The van der Waals surface area contributed by atoms with Gasteiger partial charge >= 0.3 is 0 Å². The molecule has 0 spiro atoms. The van der Waals surface area contributed by atoms with Crippen molar-refractivity contribution in [3.63, 3.8) is 0 Å². The minimum absolute atomic E-state index is 0.0811. The number of hydrogen-bond donors (Lipinski definition) is 1. The van der Waals surface area contributed by atoms with Crippen LogP contribution in [0.25, 0.3) is 0 Å². The molecule has 0 aromatic carbocycles. The lowest BCUT2D eigenvalue weighted by molar-refractivity contribution is -0.135. The molecule has 0 radical (unpaired) electrons. The van der Waals surface area contributed by atoms with Gasteiger partial charge in [-0.1, -0.05) is 0 Å². The van der Waals surface area contributed by atoms with Crippen LogP contribution in [0.3, 0.4) is 0 Å². The second-order valence-corrected chi connectivity index (χ2v) is 5.50. The Morgan fingerprint density at radius 1 is 1.53 bits per heavy atom. The molecule has 5 nitrogen and oxygen atoms in total. The Bertz CT molecular complexity index is 461. The molecule has 104 valence electrons. The Morgan fingerprint density at radius 3 is 2.84 bits per heavy atom. The van der Waals surface area contributed by atoms with Crippen LogP contribution in [0, 0.1) is 6.92 Å². The number of anilines is 1. The fourth-order valence-electron chi connectivity index (χ4n) is 1.96. The van der Waals surface area contributed by atoms with Crippen molar-refractivity contribution < 1.29 is 9.53 Å². The molecule has 1 aliphatic heterocycles. The van der Waals surface area contributed by atoms with E-state index in [1.54, 1.807) is 6.20 Å². The molecule has 0 saturated carbocycles. The average molecular weight is 328 g/mol. The zero-order valence-corrected chi connectivity index (χ0v) is 12.7. The predicted molar refractivity (Wildman–Crippen MR) is 77.2 cm³/mol. The topological polar surface area (TPSA) is 54.5 Å². The van der Waals surface area contributed by atoms with E-state index in [1.165, 1.54) is 0 Å². The van der Waals surface area contributed by atoms with Gasteiger partial charge in [0, 0.05) is 19.3 Å². The Kier molecular flexibility index (Phi) is 4.76. The van der Waals surface area contributed by atoms with Gasteiger partial charge in [0.2, 0.25) is 5.91 Å². The number of aromatic nitrogens is 1. The van der Waals surface area contributed by atoms with E-state index in [0.29, 0.717) is 32.1 Å². The third-order valence-corrected chi connectivity index (χ3v) is 3.63. The molecule has 1 fully saturated rings. The maximum atomic E-state index is 12.2. The van der Waals surface area contributed by atoms with Gasteiger partial charge in [-0.3, -0.25) is 4.79 Å². The maximum absolute atomic E-state index is 12.2. The van der Waals surface area contributed by atoms with Gasteiger partial charge in [-0.05, 0) is 41.4 Å². The van der Waals surface area contributed by atoms with Crippen molar-refractivity contribution in [2.45, 2.75) is 19.9 Å². The van der Waals surface area contributed by atoms with Crippen molar-refractivity contribution in [3.05, 3.63) is 22.3 Å². The number of hydrogen-bond acceptors (Lipinski definition) is 4. The highest BCUT2D eigenvalue weighted by molar-refractivity contribution is 9.10. The molecule has 1 atom stereocenters. The Morgan fingerprint density at radius 2 is 2.21 bits per heavy atom. The Balaban J connectivity index is 1.99. The largest absolute Gasteiger partial charge is 0.378 e. The summed E-state index contributed by atoms with van der Waals surface area (Å²) in [6.07, 6.45) is 1.78. The molecule has 1 saturated heterocycles. The molecule has 1 N–H and O–H groups in total. The summed E-state index contributed by atoms with van der Waals surface area (Å²) in [6.45, 7) is 6.38. The normalized spacial score (nSPS) is 17.1. The molecule has 2 heterocycles. The lowest BCUT2D eigenvalue weighted by Gasteiger charge is -2.29. The van der Waals surface area contributed by atoms with Crippen LogP contribution in [0.1, 0.15) is 12.5 Å². The number of nitrogens with zero attached hydrogens (tertiary/aromatic N) is 2. The van der Waals surface area contributed by atoms with Gasteiger partial charge in [0.05, 0.1) is 17.7 Å². The van der Waals surface area contributed by atoms with Crippen molar-refractivity contribution in [1.29, 1.82) is 0 Å². The monoisotopic (exact) mass is 327 g/mol. The van der Waals surface area contributed by atoms with Gasteiger partial charge in [0.1, 0.15) is 11.9 Å². The number of carbonyl (C=O) groups excluding carboxylic acids is 1. The van der Waals surface area contributed by atoms with Crippen molar-refractivity contribution in [2.75, 3.05) is 31.6 Å². The number of carbonyl (C=O) groups is 1. The first-order valence-corrected chi connectivity index (χ1v) is 7.12. The zero-order chi connectivity index (χ0) is 13.8. The van der Waals surface area contributed by atoms with E-state index in [1.807, 2.05) is 24.8 Å². The minimum atomic E-state index is -0.301. The number of aryl methyl sites for hydroxylation is 1. The SMILES string of the molecule is Cc1cnc(NC(C)C(=O)N2CCOCC2)c(Br)c1. The molecule has 1 unspecified atom stereocenters. The van der Waals surface area contributed by atoms with Gasteiger partial charge in [-0.2, -0.15) is 0 Å². The van der Waals surface area contributed by atoms with Crippen LogP contribution < -0.4 is 5.32 Å². The van der Waals surface area contributed by atoms with Gasteiger partial charge in [0.25, 0.3) is 0 Å². The molecule has 1 aromatic rings. The molecule has 1 amide bonds. The molecule has 6 heteroatoms. The fraction of sp³-hybridized carbons (Fsp3) is 0.538. The maximum Gasteiger partial charge on any atom is 0.244 e. The van der Waals surface area contributed by atoms with E-state index < -0.39 is 0 Å². The number of rotatable bonds is 3. The number of pyridine rings is 1. The van der Waals surface area contributed by atoms with Crippen LogP contribution in [-0.4, -0.2) is 48.1 Å². The third kappa shape index (κ3) is 3.67. The van der Waals surface area contributed by atoms with E-state index in [0.717, 1.165) is 10.0 Å². The second-order valence-electron chi connectivity index (χ2n) is 4.65. The van der Waals surface area contributed by atoms with Gasteiger partial charge in [-0.15, -0.1) is 0 Å². The molecule has 2 rings (SSSR count). The standard InChI is InChI=1S/C13H18BrN3O2/c1-9-7-11(14)12(15-8-9)16-10(2)13(18)17-3-5-19-6-4-17/h7-8,10H,3-6H2,1-2H3,(H,15,16). The summed E-state index contributed by atoms with van der Waals surface area (Å²) < 4.78 is 6.12. The van der Waals surface area contributed by atoms with E-state index >= 15 is 0 Å². The highest BCUT2D eigenvalue weighted by Crippen LogP contribution is 2.21. The van der Waals surface area contributed by atoms with Gasteiger partial charge in [-0.25, -0.2) is 4.98 Å². The number of morpholine rings is 1. The van der Waals surface area contributed by atoms with Crippen molar-refractivity contribution >= 4 is 27.7 Å². The van der Waals surface area contributed by atoms with Crippen LogP contribution in [0.15, 0.2) is 16.7 Å². The molecule has 19 heavy (non-hydrogen) atoms. The first kappa shape index (κ1) is 14.3. The summed E-state index contributed by atoms with van der Waals surface area (Å²) in [5.41, 5.74) is 1.07. The zero-order valence-electron chi connectivity index (χ0n) is 11.1. The van der Waals surface area contributed by atoms with E-state index in [9.17, 15) is 4.79 Å². The van der Waals surface area contributed by atoms with Crippen LogP contribution in [0.2, 0.25) is 0 Å². The van der Waals surface area contributed by atoms with Crippen molar-refractivity contribution in [1.82, 2.24) is 9.88 Å². The average Bonchev–Trinajstić information content (AvgIpc) is 2.42. The van der Waals surface area contributed by atoms with Gasteiger partial charge in [0.15, 0.2) is 0 Å². The summed E-state index contributed by atoms with van der Waals surface area (Å²) in [6, 6.07) is 1.67. The Labute approximate surface area is 121 Å². The number of nitrogens with one attached hydrogen (secondary N) is 1. The number of amides is 1. The van der Waals surface area contributed by atoms with Crippen molar-refractivity contribution in [2.24, 2.45) is 0 Å². The number of halogens is 1. The molecule has 0 aliphatic carbocycles. The smallest absolute Gasteiger partial charge is 0.244 e. The van der Waals surface area contributed by atoms with E-state index in [2.05, 4.69) is 26.2 Å². The fourth-order valence-corrected chi connectivity index (χ4v) is 2.54. The van der Waals surface area contributed by atoms with Crippen LogP contribution in [0.5, 0.6) is 0 Å². The molecule has 1 aromatic heterocycles. The first-order valence-electron chi connectivity index (χ1n) is 6.33. The van der Waals surface area contributed by atoms with Crippen LogP contribution >= 0.6 is 15.9 Å². The molecule has 1 aliphatic rings. The van der Waals surface area contributed by atoms with Crippen molar-refractivity contribution in [3.8, 4) is 0 Å². The highest BCUT2D eigenvalue weighted by Gasteiger charge is 2.22. The van der Waals surface area contributed by atoms with Crippen LogP contribution in [-0.2, 0) is 9.53 Å². The Hall–Kier alpha value is -1.14.